The molecule has 1 aliphatic rings. The number of sulfonamides is 1. The van der Waals surface area contributed by atoms with Crippen LogP contribution in [0.25, 0.3) is 0 Å². The van der Waals surface area contributed by atoms with Crippen molar-refractivity contribution in [2.45, 2.75) is 17.4 Å². The maximum absolute atomic E-state index is 13.4. The van der Waals surface area contributed by atoms with E-state index in [1.807, 2.05) is 12.1 Å². The fourth-order valence-corrected chi connectivity index (χ4v) is 4.76. The molecule has 1 aliphatic heterocycles. The van der Waals surface area contributed by atoms with Crippen LogP contribution >= 0.6 is 0 Å². The number of hydrazone groups is 1. The molecule has 0 N–H and O–H groups in total. The lowest BCUT2D eigenvalue weighted by atomic mass is 9.99. The van der Waals surface area contributed by atoms with Crippen molar-refractivity contribution < 1.29 is 17.5 Å². The van der Waals surface area contributed by atoms with Crippen LogP contribution in [-0.2, 0) is 10.0 Å². The molecule has 3 aromatic rings. The highest BCUT2D eigenvalue weighted by atomic mass is 32.2. The molecule has 0 saturated heterocycles. The minimum atomic E-state index is -3.87. The summed E-state index contributed by atoms with van der Waals surface area (Å²) in [7, 11) is -2.29. The van der Waals surface area contributed by atoms with E-state index in [0.29, 0.717) is 23.4 Å². The van der Waals surface area contributed by atoms with E-state index in [1.165, 1.54) is 24.3 Å². The van der Waals surface area contributed by atoms with Gasteiger partial charge < -0.3 is 4.74 Å². The summed E-state index contributed by atoms with van der Waals surface area (Å²) in [6.07, 6.45) is 0.379. The summed E-state index contributed by atoms with van der Waals surface area (Å²) in [6, 6.07) is 20.8. The predicted molar refractivity (Wildman–Crippen MR) is 109 cm³/mol. The van der Waals surface area contributed by atoms with Crippen LogP contribution in [0.15, 0.2) is 88.9 Å². The van der Waals surface area contributed by atoms with Gasteiger partial charge in [-0.05, 0) is 59.7 Å². The lowest BCUT2D eigenvalue weighted by Gasteiger charge is -2.23. The Balaban J connectivity index is 1.77. The molecule has 0 bridgehead atoms. The molecule has 1 heterocycles. The summed E-state index contributed by atoms with van der Waals surface area (Å²) < 4.78 is 46.3. The highest BCUT2D eigenvalue weighted by Crippen LogP contribution is 2.37. The molecule has 0 saturated carbocycles. The smallest absolute Gasteiger partial charge is 0.279 e. The Kier molecular flexibility index (Phi) is 5.07. The van der Waals surface area contributed by atoms with E-state index in [9.17, 15) is 12.8 Å². The Morgan fingerprint density at radius 2 is 1.62 bits per heavy atom. The third-order valence-electron chi connectivity index (χ3n) is 4.84. The quantitative estimate of drug-likeness (QED) is 0.627. The van der Waals surface area contributed by atoms with E-state index >= 15 is 0 Å². The molecule has 5 nitrogen and oxygen atoms in total. The number of benzene rings is 3. The van der Waals surface area contributed by atoms with Gasteiger partial charge in [0.2, 0.25) is 0 Å². The average Bonchev–Trinajstić information content (AvgIpc) is 3.21. The number of rotatable bonds is 5. The molecule has 7 heteroatoms. The second kappa shape index (κ2) is 7.67. The van der Waals surface area contributed by atoms with Gasteiger partial charge >= 0.3 is 0 Å². The molecule has 0 fully saturated rings. The minimum Gasteiger partial charge on any atom is -0.497 e. The van der Waals surface area contributed by atoms with Gasteiger partial charge in [0.25, 0.3) is 10.0 Å². The average molecular weight is 410 g/mol. The van der Waals surface area contributed by atoms with E-state index in [0.717, 1.165) is 9.98 Å². The SMILES string of the molecule is COc1ccc(C2=NN(S(=O)(=O)c3ccccc3)[C@@H](c3ccc(F)cc3)C2)cc1. The summed E-state index contributed by atoms with van der Waals surface area (Å²) in [5, 5.41) is 4.47. The molecule has 4 rings (SSSR count). The van der Waals surface area contributed by atoms with Crippen molar-refractivity contribution in [2.75, 3.05) is 7.11 Å². The molecule has 0 unspecified atom stereocenters. The Hall–Kier alpha value is -3.19. The van der Waals surface area contributed by atoms with Crippen molar-refractivity contribution in [1.82, 2.24) is 4.41 Å². The molecule has 0 aliphatic carbocycles. The van der Waals surface area contributed by atoms with Crippen LogP contribution in [-0.4, -0.2) is 25.7 Å². The van der Waals surface area contributed by atoms with Crippen LogP contribution < -0.4 is 4.74 Å². The zero-order chi connectivity index (χ0) is 20.4. The van der Waals surface area contributed by atoms with Crippen molar-refractivity contribution in [1.29, 1.82) is 0 Å². The van der Waals surface area contributed by atoms with Gasteiger partial charge in [0.15, 0.2) is 0 Å². The van der Waals surface area contributed by atoms with E-state index in [1.54, 1.807) is 49.6 Å². The van der Waals surface area contributed by atoms with Crippen molar-refractivity contribution in [3.8, 4) is 5.75 Å². The molecule has 0 amide bonds. The first-order valence-corrected chi connectivity index (χ1v) is 10.5. The second-order valence-electron chi connectivity index (χ2n) is 6.64. The Bertz CT molecular complexity index is 1130. The topological polar surface area (TPSA) is 59.0 Å². The maximum Gasteiger partial charge on any atom is 0.279 e. The zero-order valence-electron chi connectivity index (χ0n) is 15.7. The van der Waals surface area contributed by atoms with Crippen molar-refractivity contribution >= 4 is 15.7 Å². The standard InChI is InChI=1S/C22H19FN2O3S/c1-28-19-13-9-16(10-14-19)21-15-22(17-7-11-18(23)12-8-17)25(24-21)29(26,27)20-5-3-2-4-6-20/h2-14,22H,15H2,1H3/t22-/m1/s1. The summed E-state index contributed by atoms with van der Waals surface area (Å²) >= 11 is 0. The third kappa shape index (κ3) is 3.73. The second-order valence-corrected chi connectivity index (χ2v) is 8.43. The highest BCUT2D eigenvalue weighted by molar-refractivity contribution is 7.89. The number of nitrogens with zero attached hydrogens (tertiary/aromatic N) is 2. The van der Waals surface area contributed by atoms with Crippen molar-refractivity contribution in [3.63, 3.8) is 0 Å². The molecular weight excluding hydrogens is 391 g/mol. The van der Waals surface area contributed by atoms with Crippen molar-refractivity contribution in [3.05, 3.63) is 95.8 Å². The predicted octanol–water partition coefficient (Wildman–Crippen LogP) is 4.37. The number of hydrogen-bond acceptors (Lipinski definition) is 4. The van der Waals surface area contributed by atoms with Gasteiger partial charge in [0, 0.05) is 6.42 Å². The third-order valence-corrected chi connectivity index (χ3v) is 6.53. The van der Waals surface area contributed by atoms with E-state index in [2.05, 4.69) is 5.10 Å². The van der Waals surface area contributed by atoms with E-state index < -0.39 is 16.1 Å². The zero-order valence-corrected chi connectivity index (χ0v) is 16.5. The van der Waals surface area contributed by atoms with Crippen LogP contribution in [0, 0.1) is 5.82 Å². The van der Waals surface area contributed by atoms with Gasteiger partial charge in [-0.25, -0.2) is 4.39 Å². The van der Waals surface area contributed by atoms with E-state index in [4.69, 9.17) is 4.74 Å². The first kappa shape index (κ1) is 19.1. The number of halogens is 1. The number of ether oxygens (including phenoxy) is 1. The number of hydrogen-bond donors (Lipinski definition) is 0. The Morgan fingerprint density at radius 1 is 0.966 bits per heavy atom. The molecule has 148 valence electrons. The van der Waals surface area contributed by atoms with Crippen LogP contribution in [0.4, 0.5) is 4.39 Å². The monoisotopic (exact) mass is 410 g/mol. The van der Waals surface area contributed by atoms with Gasteiger partial charge in [-0.15, -0.1) is 0 Å². The van der Waals surface area contributed by atoms with Crippen LogP contribution in [0.2, 0.25) is 0 Å². The minimum absolute atomic E-state index is 0.159. The molecule has 1 atom stereocenters. The maximum atomic E-state index is 13.4. The van der Waals surface area contributed by atoms with Crippen molar-refractivity contribution in [2.24, 2.45) is 5.10 Å². The molecule has 0 radical (unpaired) electrons. The van der Waals surface area contributed by atoms with Gasteiger partial charge in [-0.3, -0.25) is 0 Å². The Labute approximate surface area is 169 Å². The lowest BCUT2D eigenvalue weighted by Crippen LogP contribution is -2.27. The largest absolute Gasteiger partial charge is 0.497 e. The van der Waals surface area contributed by atoms with Crippen LogP contribution in [0.5, 0.6) is 5.75 Å². The summed E-state index contributed by atoms with van der Waals surface area (Å²) in [6.45, 7) is 0. The molecule has 0 spiro atoms. The Morgan fingerprint density at radius 3 is 2.24 bits per heavy atom. The molecule has 29 heavy (non-hydrogen) atoms. The van der Waals surface area contributed by atoms with Gasteiger partial charge in [0.05, 0.1) is 23.8 Å². The molecular formula is C22H19FN2O3S. The van der Waals surface area contributed by atoms with Crippen LogP contribution in [0.1, 0.15) is 23.6 Å². The lowest BCUT2D eigenvalue weighted by molar-refractivity contribution is 0.371. The van der Waals surface area contributed by atoms with Gasteiger partial charge in [0.1, 0.15) is 11.6 Å². The first-order chi connectivity index (χ1) is 14.0. The number of methoxy groups -OCH3 is 1. The fourth-order valence-electron chi connectivity index (χ4n) is 3.30. The first-order valence-electron chi connectivity index (χ1n) is 9.06. The summed E-state index contributed by atoms with van der Waals surface area (Å²) in [4.78, 5) is 0.159. The molecule has 3 aromatic carbocycles. The normalized spacial score (nSPS) is 16.6. The highest BCUT2D eigenvalue weighted by Gasteiger charge is 2.37. The van der Waals surface area contributed by atoms with Crippen LogP contribution in [0.3, 0.4) is 0 Å². The summed E-state index contributed by atoms with van der Waals surface area (Å²) in [5.41, 5.74) is 2.13. The fraction of sp³-hybridized carbons (Fsp3) is 0.136. The molecule has 0 aromatic heterocycles. The van der Waals surface area contributed by atoms with Gasteiger partial charge in [-0.1, -0.05) is 30.3 Å². The van der Waals surface area contributed by atoms with E-state index in [-0.39, 0.29) is 10.7 Å². The summed E-state index contributed by atoms with van der Waals surface area (Å²) in [5.74, 6) is 0.330. The van der Waals surface area contributed by atoms with Gasteiger partial charge in [-0.2, -0.15) is 17.9 Å².